The molecule has 0 spiro atoms. The van der Waals surface area contributed by atoms with Gasteiger partial charge in [-0.1, -0.05) is 28.0 Å². The number of nitrogens with zero attached hydrogens (tertiary/aromatic N) is 3. The normalized spacial score (nSPS) is 14.2. The van der Waals surface area contributed by atoms with Crippen molar-refractivity contribution in [1.82, 2.24) is 39.9 Å². The zero-order valence-electron chi connectivity index (χ0n) is 41.4. The average Bonchev–Trinajstić information content (AvgIpc) is 4.23. The predicted molar refractivity (Wildman–Crippen MR) is 288 cm³/mol. The monoisotopic (exact) mass is 1150 g/mol. The Bertz CT molecular complexity index is 4200. The summed E-state index contributed by atoms with van der Waals surface area (Å²) in [6.45, 7) is 1.88. The number of aromatic hydroxyl groups is 2. The topological polar surface area (TPSA) is 469 Å². The number of nitrogens with one attached hydrogen (secondary N) is 7. The van der Waals surface area contributed by atoms with E-state index in [9.17, 15) is 55.8 Å². The molecule has 1 amide bonds. The fourth-order valence-electron chi connectivity index (χ4n) is 9.49. The number of amidine groups is 2. The van der Waals surface area contributed by atoms with E-state index in [1.54, 1.807) is 0 Å². The second kappa shape index (κ2) is 21.9. The Kier molecular flexibility index (Phi) is 15.3. The molecule has 3 heterocycles. The molecule has 1 aliphatic rings. The number of aromatic nitrogens is 4. The summed E-state index contributed by atoms with van der Waals surface area (Å²) in [6, 6.07) is 20.7. The van der Waals surface area contributed by atoms with Gasteiger partial charge in [0.2, 0.25) is 15.9 Å². The number of hydrogen-bond acceptors (Lipinski definition) is 18. The molecule has 1 aliphatic heterocycles. The molecule has 18 N–H and O–H groups in total. The second-order valence-electron chi connectivity index (χ2n) is 18.3. The standard InChI is InChI=1S/C50H49N13O14S3/c51-45(52)24-5-8-35-37(21-24)59-47(57-35)33-19-26(17-31(43(33)65)30-23-28(78(55,71)72)7-10-39(30)64)41(49(66)56-11-12-63-13-15-77-16-14-63)42(50(67)68)27-18-32(29-3-1-2-4-40(29)79(73,74)61-69)44(80(75,76)62-70)34(20-27)48-58-36-9-6-25(46(53)54)22-38(36)60-48/h1-10,17-23,41-42,61-62,64-65,69-70H,11-16H2,(H3,51,52)(H3,53,54)(H,56,66)(H,57,59)(H,58,60)(H,67,68)(H2,55,71,72). The third-order valence-electron chi connectivity index (χ3n) is 13.3. The maximum Gasteiger partial charge on any atom is 0.312 e. The first-order valence-electron chi connectivity index (χ1n) is 23.7. The largest absolute Gasteiger partial charge is 0.507 e. The predicted octanol–water partition coefficient (Wildman–Crippen LogP) is 2.47. The van der Waals surface area contributed by atoms with E-state index in [2.05, 4.69) is 25.3 Å². The highest BCUT2D eigenvalue weighted by Gasteiger charge is 2.40. The summed E-state index contributed by atoms with van der Waals surface area (Å²) in [7, 11) is -14.7. The molecule has 1 saturated heterocycles. The van der Waals surface area contributed by atoms with Crippen molar-refractivity contribution in [3.63, 3.8) is 0 Å². The van der Waals surface area contributed by atoms with E-state index in [1.807, 2.05) is 4.90 Å². The number of carboxylic acids is 1. The molecule has 30 heteroatoms. The number of amides is 1. The smallest absolute Gasteiger partial charge is 0.312 e. The van der Waals surface area contributed by atoms with Crippen LogP contribution in [-0.2, 0) is 44.4 Å². The first-order valence-corrected chi connectivity index (χ1v) is 28.2. The number of benzene rings is 6. The molecular weight excluding hydrogens is 1100 g/mol. The number of rotatable bonds is 19. The summed E-state index contributed by atoms with van der Waals surface area (Å²) in [5, 5.41) is 80.0. The van der Waals surface area contributed by atoms with Crippen LogP contribution in [0.2, 0.25) is 0 Å². The van der Waals surface area contributed by atoms with Gasteiger partial charge in [-0.3, -0.25) is 25.3 Å². The lowest BCUT2D eigenvalue weighted by molar-refractivity contribution is -0.141. The Morgan fingerprint density at radius 3 is 1.80 bits per heavy atom. The second-order valence-corrected chi connectivity index (χ2v) is 23.1. The average molecular weight is 1150 g/mol. The molecule has 0 aliphatic carbocycles. The van der Waals surface area contributed by atoms with Crippen LogP contribution in [-0.4, -0.2) is 139 Å². The number of nitrogens with two attached hydrogens (primary N) is 3. The number of phenolic OH excluding ortho intramolecular Hbond substituents is 2. The van der Waals surface area contributed by atoms with E-state index in [0.29, 0.717) is 31.8 Å². The summed E-state index contributed by atoms with van der Waals surface area (Å²) in [4.78, 5) is 47.3. The molecule has 416 valence electrons. The molecule has 9 rings (SSSR count). The highest BCUT2D eigenvalue weighted by Crippen LogP contribution is 2.48. The summed E-state index contributed by atoms with van der Waals surface area (Å²) < 4.78 is 86.8. The number of phenols is 2. The number of fused-ring (bicyclic) bond motifs is 2. The van der Waals surface area contributed by atoms with Gasteiger partial charge < -0.3 is 57.2 Å². The minimum Gasteiger partial charge on any atom is -0.507 e. The minimum absolute atomic E-state index is 0.0988. The number of morpholine rings is 1. The molecule has 1 fully saturated rings. The Labute approximate surface area is 454 Å². The van der Waals surface area contributed by atoms with E-state index in [1.165, 1.54) is 64.4 Å². The van der Waals surface area contributed by atoms with Gasteiger partial charge in [-0.25, -0.2) is 40.4 Å². The maximum absolute atomic E-state index is 15.4. The van der Waals surface area contributed by atoms with Crippen molar-refractivity contribution in [3.8, 4) is 56.5 Å². The van der Waals surface area contributed by atoms with Gasteiger partial charge in [0, 0.05) is 65.1 Å². The van der Waals surface area contributed by atoms with E-state index in [4.69, 9.17) is 32.2 Å². The molecule has 27 nitrogen and oxygen atoms in total. The minimum atomic E-state index is -5.23. The quantitative estimate of drug-likeness (QED) is 0.0314. The highest BCUT2D eigenvalue weighted by molar-refractivity contribution is 7.90. The van der Waals surface area contributed by atoms with Gasteiger partial charge in [-0.05, 0) is 96.1 Å². The number of carbonyl (C=O) groups is 2. The van der Waals surface area contributed by atoms with Crippen molar-refractivity contribution in [2.24, 2.45) is 16.6 Å². The molecule has 0 radical (unpaired) electrons. The van der Waals surface area contributed by atoms with Crippen LogP contribution in [0.3, 0.4) is 0 Å². The molecule has 2 atom stereocenters. The van der Waals surface area contributed by atoms with Crippen molar-refractivity contribution >= 4 is 75.7 Å². The van der Waals surface area contributed by atoms with E-state index in [-0.39, 0.29) is 86.3 Å². The number of aromatic amines is 2. The van der Waals surface area contributed by atoms with Gasteiger partial charge in [0.25, 0.3) is 20.0 Å². The van der Waals surface area contributed by atoms with Gasteiger partial charge in [-0.2, -0.15) is 0 Å². The fourth-order valence-corrected chi connectivity index (χ4v) is 11.8. The van der Waals surface area contributed by atoms with Crippen molar-refractivity contribution in [3.05, 3.63) is 125 Å². The number of imidazole rings is 2. The van der Waals surface area contributed by atoms with Crippen LogP contribution in [0.4, 0.5) is 0 Å². The lowest BCUT2D eigenvalue weighted by Crippen LogP contribution is -2.43. The third-order valence-corrected chi connectivity index (χ3v) is 16.6. The van der Waals surface area contributed by atoms with Crippen LogP contribution in [0.5, 0.6) is 11.5 Å². The molecule has 6 aromatic carbocycles. The molecule has 2 aromatic heterocycles. The molecule has 8 aromatic rings. The molecule has 0 saturated carbocycles. The summed E-state index contributed by atoms with van der Waals surface area (Å²) in [5.74, 6) is -9.45. The first kappa shape index (κ1) is 56.0. The van der Waals surface area contributed by atoms with E-state index in [0.717, 1.165) is 48.5 Å². The van der Waals surface area contributed by atoms with Crippen LogP contribution in [0.15, 0.2) is 118 Å². The van der Waals surface area contributed by atoms with Crippen LogP contribution in [0.1, 0.15) is 34.1 Å². The van der Waals surface area contributed by atoms with Gasteiger partial charge in [0.05, 0.1) is 62.5 Å². The fraction of sp³-hybridized carbons (Fsp3) is 0.160. The lowest BCUT2D eigenvalue weighted by Gasteiger charge is -2.29. The zero-order valence-corrected chi connectivity index (χ0v) is 43.9. The first-order chi connectivity index (χ1) is 37.9. The Morgan fingerprint density at radius 1 is 0.675 bits per heavy atom. The van der Waals surface area contributed by atoms with E-state index >= 15 is 4.79 Å². The number of carbonyl (C=O) groups excluding carboxylic acids is 1. The van der Waals surface area contributed by atoms with Crippen LogP contribution in [0.25, 0.3) is 67.1 Å². The number of hydrogen-bond donors (Lipinski definition) is 15. The SMILES string of the molecule is N=C(N)c1ccc2[nH]c(-c3cc(C(C(=O)NCCN4CCOCC4)C(C(=O)O)c4cc(-c5nc6cc(C(=N)N)ccc6[nH]5)c(S(=O)(=O)NO)c(-c5ccccc5S(=O)(=O)NO)c4)cc(-c4cc(S(N)(=O)=O)ccc4O)c3O)nc2c1. The van der Waals surface area contributed by atoms with Crippen molar-refractivity contribution in [2.45, 2.75) is 26.5 Å². The van der Waals surface area contributed by atoms with Gasteiger partial charge in [0.1, 0.15) is 39.7 Å². The number of aliphatic carboxylic acids is 1. The molecule has 80 heavy (non-hydrogen) atoms. The van der Waals surface area contributed by atoms with Gasteiger partial charge >= 0.3 is 5.97 Å². The molecular formula is C50H49N13O14S3. The molecule has 0 bridgehead atoms. The van der Waals surface area contributed by atoms with Crippen LogP contribution >= 0.6 is 0 Å². The zero-order chi connectivity index (χ0) is 57.6. The van der Waals surface area contributed by atoms with Crippen LogP contribution < -0.4 is 31.7 Å². The van der Waals surface area contributed by atoms with Crippen molar-refractivity contribution < 1.29 is 65.3 Å². The maximum atomic E-state index is 15.4. The van der Waals surface area contributed by atoms with Crippen molar-refractivity contribution in [2.75, 3.05) is 39.4 Å². The highest BCUT2D eigenvalue weighted by atomic mass is 32.2. The number of H-pyrrole nitrogens is 2. The van der Waals surface area contributed by atoms with Gasteiger partial charge in [-0.15, -0.1) is 0 Å². The summed E-state index contributed by atoms with van der Waals surface area (Å²) in [5.41, 5.74) is 9.51. The Morgan fingerprint density at radius 2 is 1.23 bits per heavy atom. The number of sulfonamides is 3. The number of nitrogen functional groups attached to an aromatic ring is 2. The summed E-state index contributed by atoms with van der Waals surface area (Å²) >= 11 is 0. The Hall–Kier alpha value is -8.69. The number of carboxylic acid groups (broad SMARTS) is 1. The molecule has 2 unspecified atom stereocenters. The van der Waals surface area contributed by atoms with Gasteiger partial charge in [0.15, 0.2) is 0 Å². The third kappa shape index (κ3) is 11.0. The van der Waals surface area contributed by atoms with E-state index < -0.39 is 102 Å². The number of ether oxygens (including phenoxy) is 1. The number of primary sulfonamides is 1. The van der Waals surface area contributed by atoms with Crippen molar-refractivity contribution in [1.29, 1.82) is 10.8 Å². The van der Waals surface area contributed by atoms with Crippen LogP contribution in [0, 0.1) is 10.8 Å². The Balaban J connectivity index is 1.38. The summed E-state index contributed by atoms with van der Waals surface area (Å²) in [6.07, 6.45) is 0. The lowest BCUT2D eigenvalue weighted by atomic mass is 9.78.